The summed E-state index contributed by atoms with van der Waals surface area (Å²) in [5.74, 6) is 0. The van der Waals surface area contributed by atoms with Crippen molar-refractivity contribution in [2.24, 2.45) is 0 Å². The van der Waals surface area contributed by atoms with Crippen molar-refractivity contribution in [1.29, 1.82) is 5.26 Å². The second kappa shape index (κ2) is 8.07. The lowest BCUT2D eigenvalue weighted by atomic mass is 10.0. The van der Waals surface area contributed by atoms with Gasteiger partial charge in [-0.1, -0.05) is 12.1 Å². The molecule has 148 valence electrons. The summed E-state index contributed by atoms with van der Waals surface area (Å²) in [6.07, 6.45) is -2.67. The predicted octanol–water partition coefficient (Wildman–Crippen LogP) is 7.09. The minimum Gasteiger partial charge on any atom is -0.318 e. The molecule has 3 aromatic rings. The average Bonchev–Trinajstić information content (AvgIpc) is 2.95. The SMILES string of the molecule is Cc1cc(-n2c(C)cc(/C=C(/C#N)c3ccc(C(F)(F)F)cc3)c2C)ccc1I. The lowest BCUT2D eigenvalue weighted by molar-refractivity contribution is -0.137. The molecule has 0 amide bonds. The van der Waals surface area contributed by atoms with Gasteiger partial charge < -0.3 is 4.57 Å². The van der Waals surface area contributed by atoms with Gasteiger partial charge in [-0.2, -0.15) is 18.4 Å². The summed E-state index contributed by atoms with van der Waals surface area (Å²) in [4.78, 5) is 0. The molecule has 0 radical (unpaired) electrons. The molecule has 0 bridgehead atoms. The fraction of sp³-hybridized carbons (Fsp3) is 0.174. The number of nitriles is 1. The zero-order valence-corrected chi connectivity index (χ0v) is 18.3. The Hall–Kier alpha value is -2.53. The summed E-state index contributed by atoms with van der Waals surface area (Å²) in [6.45, 7) is 6.01. The Labute approximate surface area is 181 Å². The third kappa shape index (κ3) is 4.40. The Morgan fingerprint density at radius 3 is 2.24 bits per heavy atom. The highest BCUT2D eigenvalue weighted by Gasteiger charge is 2.30. The number of hydrogen-bond acceptors (Lipinski definition) is 1. The van der Waals surface area contributed by atoms with E-state index in [9.17, 15) is 18.4 Å². The van der Waals surface area contributed by atoms with Gasteiger partial charge in [-0.3, -0.25) is 0 Å². The topological polar surface area (TPSA) is 28.7 Å². The maximum absolute atomic E-state index is 12.8. The fourth-order valence-corrected chi connectivity index (χ4v) is 3.61. The predicted molar refractivity (Wildman–Crippen MR) is 118 cm³/mol. The number of rotatable bonds is 3. The van der Waals surface area contributed by atoms with Gasteiger partial charge in [0.05, 0.1) is 17.2 Å². The highest BCUT2D eigenvalue weighted by molar-refractivity contribution is 14.1. The minimum absolute atomic E-state index is 0.317. The Morgan fingerprint density at radius 2 is 1.69 bits per heavy atom. The molecular formula is C23H18F3IN2. The van der Waals surface area contributed by atoms with Gasteiger partial charge in [0.25, 0.3) is 0 Å². The van der Waals surface area contributed by atoms with Crippen molar-refractivity contribution in [1.82, 2.24) is 4.57 Å². The second-order valence-electron chi connectivity index (χ2n) is 6.84. The first-order valence-corrected chi connectivity index (χ1v) is 9.94. The van der Waals surface area contributed by atoms with Crippen molar-refractivity contribution in [2.45, 2.75) is 26.9 Å². The molecule has 3 rings (SSSR count). The van der Waals surface area contributed by atoms with Crippen molar-refractivity contribution in [2.75, 3.05) is 0 Å². The van der Waals surface area contributed by atoms with Crippen LogP contribution in [0.3, 0.4) is 0 Å². The molecule has 0 aliphatic rings. The highest BCUT2D eigenvalue weighted by atomic mass is 127. The molecule has 0 spiro atoms. The Bertz CT molecular complexity index is 1130. The van der Waals surface area contributed by atoms with E-state index < -0.39 is 11.7 Å². The van der Waals surface area contributed by atoms with Gasteiger partial charge in [0.2, 0.25) is 0 Å². The van der Waals surface area contributed by atoms with Gasteiger partial charge in [-0.05, 0) is 103 Å². The maximum atomic E-state index is 12.8. The smallest absolute Gasteiger partial charge is 0.318 e. The van der Waals surface area contributed by atoms with Crippen LogP contribution in [0, 0.1) is 35.7 Å². The minimum atomic E-state index is -4.40. The number of allylic oxidation sites excluding steroid dienone is 1. The fourth-order valence-electron chi connectivity index (χ4n) is 3.27. The number of alkyl halides is 3. The van der Waals surface area contributed by atoms with Crippen LogP contribution < -0.4 is 0 Å². The quantitative estimate of drug-likeness (QED) is 0.276. The molecule has 1 aromatic heterocycles. The van der Waals surface area contributed by atoms with Crippen molar-refractivity contribution >= 4 is 34.2 Å². The average molecular weight is 506 g/mol. The van der Waals surface area contributed by atoms with Crippen LogP contribution in [0.5, 0.6) is 0 Å². The second-order valence-corrected chi connectivity index (χ2v) is 8.00. The van der Waals surface area contributed by atoms with Gasteiger partial charge >= 0.3 is 6.18 Å². The van der Waals surface area contributed by atoms with E-state index in [1.807, 2.05) is 26.0 Å². The van der Waals surface area contributed by atoms with Crippen molar-refractivity contribution < 1.29 is 13.2 Å². The molecule has 0 aliphatic heterocycles. The Balaban J connectivity index is 2.03. The zero-order chi connectivity index (χ0) is 21.3. The molecule has 6 heteroatoms. The van der Waals surface area contributed by atoms with E-state index in [-0.39, 0.29) is 0 Å². The van der Waals surface area contributed by atoms with Gasteiger partial charge in [0, 0.05) is 20.6 Å². The van der Waals surface area contributed by atoms with Crippen LogP contribution in [0.15, 0.2) is 48.5 Å². The Morgan fingerprint density at radius 1 is 1.03 bits per heavy atom. The summed E-state index contributed by atoms with van der Waals surface area (Å²) in [6, 6.07) is 15.0. The van der Waals surface area contributed by atoms with E-state index in [1.165, 1.54) is 21.3 Å². The molecule has 29 heavy (non-hydrogen) atoms. The van der Waals surface area contributed by atoms with Gasteiger partial charge in [-0.15, -0.1) is 0 Å². The van der Waals surface area contributed by atoms with Gasteiger partial charge in [-0.25, -0.2) is 0 Å². The first-order chi connectivity index (χ1) is 13.6. The van der Waals surface area contributed by atoms with Crippen molar-refractivity contribution in [3.63, 3.8) is 0 Å². The molecular weight excluding hydrogens is 488 g/mol. The summed E-state index contributed by atoms with van der Waals surface area (Å²) in [5.41, 5.74) is 5.08. The van der Waals surface area contributed by atoms with E-state index in [1.54, 1.807) is 6.08 Å². The van der Waals surface area contributed by atoms with Crippen LogP contribution in [0.4, 0.5) is 13.2 Å². The first kappa shape index (κ1) is 21.2. The molecule has 0 N–H and O–H groups in total. The number of aryl methyl sites for hydroxylation is 2. The highest BCUT2D eigenvalue weighted by Crippen LogP contribution is 2.31. The monoisotopic (exact) mass is 506 g/mol. The summed E-state index contributed by atoms with van der Waals surface area (Å²) < 4.78 is 41.6. The summed E-state index contributed by atoms with van der Waals surface area (Å²) in [5, 5.41) is 9.57. The van der Waals surface area contributed by atoms with Crippen LogP contribution in [-0.4, -0.2) is 4.57 Å². The van der Waals surface area contributed by atoms with E-state index in [2.05, 4.69) is 52.3 Å². The summed E-state index contributed by atoms with van der Waals surface area (Å²) in [7, 11) is 0. The largest absolute Gasteiger partial charge is 0.416 e. The molecule has 0 fully saturated rings. The number of hydrogen-bond donors (Lipinski definition) is 0. The number of halogens is 4. The van der Waals surface area contributed by atoms with E-state index >= 15 is 0 Å². The van der Waals surface area contributed by atoms with Gasteiger partial charge in [0.15, 0.2) is 0 Å². The number of aromatic nitrogens is 1. The first-order valence-electron chi connectivity index (χ1n) is 8.86. The van der Waals surface area contributed by atoms with Crippen LogP contribution in [0.2, 0.25) is 0 Å². The van der Waals surface area contributed by atoms with Crippen molar-refractivity contribution in [3.05, 3.63) is 85.7 Å². The zero-order valence-electron chi connectivity index (χ0n) is 16.1. The van der Waals surface area contributed by atoms with E-state index in [4.69, 9.17) is 0 Å². The molecule has 0 aliphatic carbocycles. The lowest BCUT2D eigenvalue weighted by Gasteiger charge is -2.11. The van der Waals surface area contributed by atoms with Crippen LogP contribution >= 0.6 is 22.6 Å². The maximum Gasteiger partial charge on any atom is 0.416 e. The van der Waals surface area contributed by atoms with E-state index in [0.717, 1.165) is 34.8 Å². The number of nitrogens with zero attached hydrogens (tertiary/aromatic N) is 2. The molecule has 2 aromatic carbocycles. The van der Waals surface area contributed by atoms with Crippen LogP contribution in [0.1, 0.15) is 33.6 Å². The van der Waals surface area contributed by atoms with E-state index in [0.29, 0.717) is 11.1 Å². The number of benzene rings is 2. The molecule has 2 nitrogen and oxygen atoms in total. The van der Waals surface area contributed by atoms with Crippen molar-refractivity contribution in [3.8, 4) is 11.8 Å². The standard InChI is InChI=1S/C23H18F3IN2/c1-14-10-21(8-9-22(14)27)29-15(2)11-18(16(29)3)12-19(13-28)17-4-6-20(7-5-17)23(24,25)26/h4-12H,1-3H3/b19-12-. The van der Waals surface area contributed by atoms with Crippen LogP contribution in [-0.2, 0) is 6.18 Å². The third-order valence-corrected chi connectivity index (χ3v) is 6.02. The normalized spacial score (nSPS) is 12.1. The molecule has 0 saturated heterocycles. The molecule has 0 saturated carbocycles. The molecule has 0 unspecified atom stereocenters. The van der Waals surface area contributed by atoms with Crippen LogP contribution in [0.25, 0.3) is 17.3 Å². The lowest BCUT2D eigenvalue weighted by Crippen LogP contribution is -2.04. The molecule has 1 heterocycles. The summed E-state index contributed by atoms with van der Waals surface area (Å²) >= 11 is 2.29. The van der Waals surface area contributed by atoms with Gasteiger partial charge in [0.1, 0.15) is 0 Å². The third-order valence-electron chi connectivity index (χ3n) is 4.81. The Kier molecular flexibility index (Phi) is 5.90. The molecule has 0 atom stereocenters.